The summed E-state index contributed by atoms with van der Waals surface area (Å²) in [6.07, 6.45) is 3.38. The van der Waals surface area contributed by atoms with Gasteiger partial charge in [0, 0.05) is 25.7 Å². The molecule has 1 saturated carbocycles. The maximum Gasteiger partial charge on any atom is 0.308 e. The molecule has 3 atom stereocenters. The van der Waals surface area contributed by atoms with Crippen molar-refractivity contribution < 1.29 is 9.90 Å². The number of nitrogens with two attached hydrogens (primary N) is 1. The first-order valence-corrected chi connectivity index (χ1v) is 6.68. The number of carboxylic acids is 1. The minimum atomic E-state index is -0.620. The molecule has 1 saturated heterocycles. The summed E-state index contributed by atoms with van der Waals surface area (Å²) in [5, 5.41) is 9.47. The van der Waals surface area contributed by atoms with Crippen molar-refractivity contribution in [1.29, 1.82) is 0 Å². The number of nitrogens with zero attached hydrogens (tertiary/aromatic N) is 1. The Kier molecular flexibility index (Phi) is 3.46. The molecule has 3 N–H and O–H groups in total. The molecule has 4 heteroatoms. The van der Waals surface area contributed by atoms with Gasteiger partial charge < -0.3 is 10.8 Å². The van der Waals surface area contributed by atoms with Crippen LogP contribution in [0.15, 0.2) is 0 Å². The summed E-state index contributed by atoms with van der Waals surface area (Å²) in [5.74, 6) is -0.348. The van der Waals surface area contributed by atoms with Gasteiger partial charge in [0.15, 0.2) is 0 Å². The zero-order chi connectivity index (χ0) is 12.6. The van der Waals surface area contributed by atoms with E-state index in [-0.39, 0.29) is 17.4 Å². The monoisotopic (exact) mass is 240 g/mol. The van der Waals surface area contributed by atoms with Crippen molar-refractivity contribution in [2.75, 3.05) is 19.6 Å². The number of likely N-dealkylation sites (tertiary alicyclic amines) is 1. The molecule has 2 aliphatic rings. The fraction of sp³-hybridized carbons (Fsp3) is 0.923. The fourth-order valence-electron chi connectivity index (χ4n) is 3.63. The maximum atomic E-state index is 11.5. The lowest BCUT2D eigenvalue weighted by molar-refractivity contribution is -0.163. The summed E-state index contributed by atoms with van der Waals surface area (Å²) in [6, 6.07) is 0.289. The molecule has 0 amide bonds. The van der Waals surface area contributed by atoms with E-state index in [0.717, 1.165) is 19.4 Å². The van der Waals surface area contributed by atoms with Gasteiger partial charge in [-0.3, -0.25) is 9.69 Å². The van der Waals surface area contributed by atoms with Gasteiger partial charge in [-0.05, 0) is 31.1 Å². The molecule has 98 valence electrons. The normalized spacial score (nSPS) is 34.3. The lowest BCUT2D eigenvalue weighted by Gasteiger charge is -2.56. The van der Waals surface area contributed by atoms with Crippen LogP contribution in [0.5, 0.6) is 0 Å². The first-order chi connectivity index (χ1) is 8.01. The maximum absolute atomic E-state index is 11.5. The van der Waals surface area contributed by atoms with Crippen LogP contribution in [0.1, 0.15) is 33.1 Å². The highest BCUT2D eigenvalue weighted by atomic mass is 16.4. The molecular weight excluding hydrogens is 216 g/mol. The predicted molar refractivity (Wildman–Crippen MR) is 66.7 cm³/mol. The van der Waals surface area contributed by atoms with Gasteiger partial charge in [0.05, 0.1) is 5.92 Å². The summed E-state index contributed by atoms with van der Waals surface area (Å²) in [7, 11) is 0. The standard InChI is InChI=1S/C13H24N2O2/c1-9-7-15(10(2)6-14)8-11(12(16)17)13(9)4-3-5-13/h9-11H,3-8,14H2,1-2H3,(H,16,17). The van der Waals surface area contributed by atoms with E-state index >= 15 is 0 Å². The molecular formula is C13H24N2O2. The van der Waals surface area contributed by atoms with Crippen LogP contribution in [0.3, 0.4) is 0 Å². The van der Waals surface area contributed by atoms with Crippen LogP contribution < -0.4 is 5.73 Å². The topological polar surface area (TPSA) is 66.6 Å². The molecule has 1 aliphatic carbocycles. The Hall–Kier alpha value is -0.610. The van der Waals surface area contributed by atoms with Gasteiger partial charge in [-0.25, -0.2) is 0 Å². The van der Waals surface area contributed by atoms with E-state index in [1.807, 2.05) is 0 Å². The van der Waals surface area contributed by atoms with Crippen molar-refractivity contribution in [3.8, 4) is 0 Å². The Morgan fingerprint density at radius 2 is 2.18 bits per heavy atom. The highest BCUT2D eigenvalue weighted by molar-refractivity contribution is 5.72. The molecule has 1 spiro atoms. The van der Waals surface area contributed by atoms with Crippen LogP contribution in [0, 0.1) is 17.3 Å². The van der Waals surface area contributed by atoms with Gasteiger partial charge in [-0.1, -0.05) is 13.3 Å². The van der Waals surface area contributed by atoms with E-state index in [9.17, 15) is 9.90 Å². The Morgan fingerprint density at radius 1 is 1.53 bits per heavy atom. The fourth-order valence-corrected chi connectivity index (χ4v) is 3.63. The second kappa shape index (κ2) is 4.58. The van der Waals surface area contributed by atoms with E-state index in [0.29, 0.717) is 19.0 Å². The SMILES string of the molecule is CC(CN)N1CC(C)C2(CCC2)C(C(=O)O)C1. The van der Waals surface area contributed by atoms with E-state index < -0.39 is 5.97 Å². The summed E-state index contributed by atoms with van der Waals surface area (Å²) < 4.78 is 0. The number of piperidine rings is 1. The minimum Gasteiger partial charge on any atom is -0.481 e. The largest absolute Gasteiger partial charge is 0.481 e. The zero-order valence-corrected chi connectivity index (χ0v) is 10.9. The van der Waals surface area contributed by atoms with Crippen LogP contribution in [0.25, 0.3) is 0 Å². The quantitative estimate of drug-likeness (QED) is 0.777. The van der Waals surface area contributed by atoms with E-state index in [1.165, 1.54) is 6.42 Å². The van der Waals surface area contributed by atoms with Gasteiger partial charge >= 0.3 is 5.97 Å². The summed E-state index contributed by atoms with van der Waals surface area (Å²) in [6.45, 7) is 6.58. The van der Waals surface area contributed by atoms with Gasteiger partial charge in [0.2, 0.25) is 0 Å². The third kappa shape index (κ3) is 1.97. The third-order valence-electron chi connectivity index (χ3n) is 5.15. The van der Waals surface area contributed by atoms with Gasteiger partial charge in [0.1, 0.15) is 0 Å². The second-order valence-electron chi connectivity index (χ2n) is 5.92. The highest BCUT2D eigenvalue weighted by Crippen LogP contribution is 2.55. The Bertz CT molecular complexity index is 302. The minimum absolute atomic E-state index is 0.0800. The van der Waals surface area contributed by atoms with Crippen molar-refractivity contribution in [2.45, 2.75) is 39.2 Å². The lowest BCUT2D eigenvalue weighted by Crippen LogP contribution is -2.60. The van der Waals surface area contributed by atoms with E-state index in [4.69, 9.17) is 5.73 Å². The molecule has 0 aromatic heterocycles. The predicted octanol–water partition coefficient (Wildman–Crippen LogP) is 1.16. The summed E-state index contributed by atoms with van der Waals surface area (Å²) >= 11 is 0. The van der Waals surface area contributed by atoms with Crippen molar-refractivity contribution in [2.24, 2.45) is 23.0 Å². The second-order valence-corrected chi connectivity index (χ2v) is 5.92. The molecule has 1 aliphatic heterocycles. The van der Waals surface area contributed by atoms with Crippen LogP contribution in [0.2, 0.25) is 0 Å². The molecule has 0 aromatic carbocycles. The lowest BCUT2D eigenvalue weighted by atomic mass is 9.53. The number of hydrogen-bond acceptors (Lipinski definition) is 3. The summed E-state index contributed by atoms with van der Waals surface area (Å²) in [4.78, 5) is 13.8. The Labute approximate surface area is 103 Å². The Balaban J connectivity index is 2.16. The van der Waals surface area contributed by atoms with E-state index in [1.54, 1.807) is 0 Å². The van der Waals surface area contributed by atoms with Crippen LogP contribution in [-0.2, 0) is 4.79 Å². The average Bonchev–Trinajstić information content (AvgIpc) is 2.24. The van der Waals surface area contributed by atoms with Crippen molar-refractivity contribution in [1.82, 2.24) is 4.90 Å². The molecule has 3 unspecified atom stereocenters. The Morgan fingerprint density at radius 3 is 2.59 bits per heavy atom. The first kappa shape index (κ1) is 12.8. The number of carboxylic acid groups (broad SMARTS) is 1. The highest BCUT2D eigenvalue weighted by Gasteiger charge is 2.54. The van der Waals surface area contributed by atoms with E-state index in [2.05, 4.69) is 18.7 Å². The molecule has 2 rings (SSSR count). The van der Waals surface area contributed by atoms with Gasteiger partial charge in [-0.15, -0.1) is 0 Å². The van der Waals surface area contributed by atoms with Crippen molar-refractivity contribution >= 4 is 5.97 Å². The van der Waals surface area contributed by atoms with Crippen LogP contribution >= 0.6 is 0 Å². The molecule has 2 fully saturated rings. The first-order valence-electron chi connectivity index (χ1n) is 6.68. The molecule has 0 bridgehead atoms. The van der Waals surface area contributed by atoms with Gasteiger partial charge in [0.25, 0.3) is 0 Å². The molecule has 0 aromatic rings. The van der Waals surface area contributed by atoms with Crippen LogP contribution in [-0.4, -0.2) is 41.7 Å². The summed E-state index contributed by atoms with van der Waals surface area (Å²) in [5.41, 5.74) is 5.77. The number of hydrogen-bond donors (Lipinski definition) is 2. The molecule has 1 heterocycles. The molecule has 0 radical (unpaired) electrons. The smallest absolute Gasteiger partial charge is 0.308 e. The number of aliphatic carboxylic acids is 1. The average molecular weight is 240 g/mol. The number of carbonyl (C=O) groups is 1. The van der Waals surface area contributed by atoms with Crippen molar-refractivity contribution in [3.63, 3.8) is 0 Å². The zero-order valence-electron chi connectivity index (χ0n) is 10.9. The molecule has 17 heavy (non-hydrogen) atoms. The van der Waals surface area contributed by atoms with Gasteiger partial charge in [-0.2, -0.15) is 0 Å². The van der Waals surface area contributed by atoms with Crippen molar-refractivity contribution in [3.05, 3.63) is 0 Å². The number of rotatable bonds is 3. The third-order valence-corrected chi connectivity index (χ3v) is 5.15. The molecule has 4 nitrogen and oxygen atoms in total. The van der Waals surface area contributed by atoms with Crippen LogP contribution in [0.4, 0.5) is 0 Å².